The van der Waals surface area contributed by atoms with E-state index in [9.17, 15) is 17.6 Å². The van der Waals surface area contributed by atoms with Gasteiger partial charge in [0, 0.05) is 23.9 Å². The lowest BCUT2D eigenvalue weighted by atomic mass is 10.2. The van der Waals surface area contributed by atoms with Crippen molar-refractivity contribution >= 4 is 21.6 Å². The minimum absolute atomic E-state index is 0.0427. The van der Waals surface area contributed by atoms with Gasteiger partial charge in [0.15, 0.2) is 0 Å². The van der Waals surface area contributed by atoms with Crippen molar-refractivity contribution in [2.45, 2.75) is 17.4 Å². The van der Waals surface area contributed by atoms with Gasteiger partial charge in [-0.15, -0.1) is 0 Å². The molecule has 0 aliphatic carbocycles. The number of rotatable bonds is 5. The van der Waals surface area contributed by atoms with Gasteiger partial charge in [-0.2, -0.15) is 5.26 Å². The lowest BCUT2D eigenvalue weighted by Crippen LogP contribution is -2.35. The predicted molar refractivity (Wildman–Crippen MR) is 95.1 cm³/mol. The van der Waals surface area contributed by atoms with E-state index in [0.717, 1.165) is 6.07 Å². The van der Waals surface area contributed by atoms with Gasteiger partial charge in [0.2, 0.25) is 10.0 Å². The van der Waals surface area contributed by atoms with Crippen LogP contribution in [0.2, 0.25) is 0 Å². The summed E-state index contributed by atoms with van der Waals surface area (Å²) in [5.41, 5.74) is 0.142. The Morgan fingerprint density at radius 3 is 2.78 bits per heavy atom. The number of nitrogens with zero attached hydrogens (tertiary/aromatic N) is 1. The van der Waals surface area contributed by atoms with Crippen molar-refractivity contribution in [3.05, 3.63) is 59.4 Å². The first kappa shape index (κ1) is 19.0. The number of anilines is 1. The molecule has 1 aliphatic heterocycles. The topological polar surface area (TPSA) is 108 Å². The predicted octanol–water partition coefficient (Wildman–Crippen LogP) is 2.02. The van der Waals surface area contributed by atoms with Gasteiger partial charge < -0.3 is 10.1 Å². The number of carbonyl (C=O) groups excluding carboxylic acids is 1. The molecule has 27 heavy (non-hydrogen) atoms. The Hall–Kier alpha value is -2.80. The molecule has 1 amide bonds. The van der Waals surface area contributed by atoms with E-state index in [2.05, 4.69) is 10.0 Å². The van der Waals surface area contributed by atoms with Crippen LogP contribution >= 0.6 is 0 Å². The van der Waals surface area contributed by atoms with Crippen molar-refractivity contribution in [3.8, 4) is 6.07 Å². The molecule has 7 nitrogen and oxygen atoms in total. The number of nitrogens with one attached hydrogen (secondary N) is 2. The van der Waals surface area contributed by atoms with E-state index in [1.165, 1.54) is 36.4 Å². The molecule has 3 rings (SSSR count). The monoisotopic (exact) mass is 389 g/mol. The van der Waals surface area contributed by atoms with Gasteiger partial charge in [0.05, 0.1) is 17.1 Å². The summed E-state index contributed by atoms with van der Waals surface area (Å²) in [5.74, 6) is -1.27. The third kappa shape index (κ3) is 4.49. The van der Waals surface area contributed by atoms with Crippen LogP contribution in [0.3, 0.4) is 0 Å². The maximum absolute atomic E-state index is 13.4. The van der Waals surface area contributed by atoms with Crippen LogP contribution in [-0.4, -0.2) is 33.6 Å². The zero-order valence-corrected chi connectivity index (χ0v) is 14.9. The maximum Gasteiger partial charge on any atom is 0.255 e. The highest BCUT2D eigenvalue weighted by Gasteiger charge is 2.24. The van der Waals surface area contributed by atoms with Gasteiger partial charge in [-0.3, -0.25) is 4.79 Å². The van der Waals surface area contributed by atoms with Gasteiger partial charge in [-0.1, -0.05) is 6.07 Å². The molecular weight excluding hydrogens is 373 g/mol. The molecule has 1 heterocycles. The Kier molecular flexibility index (Phi) is 5.51. The molecular formula is C18H16FN3O4S. The van der Waals surface area contributed by atoms with E-state index in [0.29, 0.717) is 19.6 Å². The Morgan fingerprint density at radius 1 is 1.26 bits per heavy atom. The molecule has 2 aromatic rings. The van der Waals surface area contributed by atoms with Crippen LogP contribution in [0.5, 0.6) is 0 Å². The van der Waals surface area contributed by atoms with Crippen LogP contribution in [0.4, 0.5) is 10.1 Å². The first-order chi connectivity index (χ1) is 12.9. The highest BCUT2D eigenvalue weighted by molar-refractivity contribution is 7.89. The quantitative estimate of drug-likeness (QED) is 0.813. The molecule has 1 atom stereocenters. The summed E-state index contributed by atoms with van der Waals surface area (Å²) in [7, 11) is -3.79. The van der Waals surface area contributed by atoms with Crippen LogP contribution in [0.1, 0.15) is 22.3 Å². The molecule has 0 bridgehead atoms. The zero-order valence-electron chi connectivity index (χ0n) is 14.1. The Balaban J connectivity index is 1.78. The van der Waals surface area contributed by atoms with Crippen LogP contribution in [0, 0.1) is 17.1 Å². The molecule has 2 aromatic carbocycles. The molecule has 0 saturated carbocycles. The van der Waals surface area contributed by atoms with Crippen molar-refractivity contribution in [1.82, 2.24) is 4.72 Å². The number of amides is 1. The lowest BCUT2D eigenvalue weighted by Gasteiger charge is -2.12. The van der Waals surface area contributed by atoms with Gasteiger partial charge in [-0.25, -0.2) is 17.5 Å². The number of benzene rings is 2. The van der Waals surface area contributed by atoms with Crippen molar-refractivity contribution in [2.75, 3.05) is 18.5 Å². The highest BCUT2D eigenvalue weighted by Crippen LogP contribution is 2.17. The zero-order chi connectivity index (χ0) is 19.4. The third-order valence-electron chi connectivity index (χ3n) is 4.00. The fourth-order valence-corrected chi connectivity index (χ4v) is 3.91. The molecule has 2 N–H and O–H groups in total. The van der Waals surface area contributed by atoms with E-state index in [1.54, 1.807) is 6.07 Å². The fraction of sp³-hybridized carbons (Fsp3) is 0.222. The second-order valence-corrected chi connectivity index (χ2v) is 7.68. The van der Waals surface area contributed by atoms with Crippen molar-refractivity contribution < 1.29 is 22.3 Å². The van der Waals surface area contributed by atoms with E-state index >= 15 is 0 Å². The molecule has 0 unspecified atom stereocenters. The van der Waals surface area contributed by atoms with Crippen molar-refractivity contribution in [3.63, 3.8) is 0 Å². The Bertz CT molecular complexity index is 1010. The molecule has 1 fully saturated rings. The average molecular weight is 389 g/mol. The fourth-order valence-electron chi connectivity index (χ4n) is 2.61. The Morgan fingerprint density at radius 2 is 2.07 bits per heavy atom. The van der Waals surface area contributed by atoms with Gasteiger partial charge >= 0.3 is 0 Å². The first-order valence-corrected chi connectivity index (χ1v) is 9.58. The number of carbonyl (C=O) groups is 1. The first-order valence-electron chi connectivity index (χ1n) is 8.10. The standard InChI is InChI=1S/C18H16FN3O4S/c19-17-5-4-14(8-13(17)10-20)21-18(23)12-2-1-3-16(9-12)27(24,25)22-15-6-7-26-11-15/h1-5,8-9,15,22H,6-7,11H2,(H,21,23)/t15-/m0/s1. The summed E-state index contributed by atoms with van der Waals surface area (Å²) in [6.07, 6.45) is 0.588. The maximum atomic E-state index is 13.4. The number of hydrogen-bond donors (Lipinski definition) is 2. The summed E-state index contributed by atoms with van der Waals surface area (Å²) < 4.78 is 46.0. The van der Waals surface area contributed by atoms with Crippen molar-refractivity contribution in [2.24, 2.45) is 0 Å². The minimum Gasteiger partial charge on any atom is -0.380 e. The molecule has 1 aliphatic rings. The summed E-state index contributed by atoms with van der Waals surface area (Å²) in [6, 6.07) is 10.5. The Labute approximate surface area is 155 Å². The summed E-state index contributed by atoms with van der Waals surface area (Å²) >= 11 is 0. The van der Waals surface area contributed by atoms with Gasteiger partial charge in [0.1, 0.15) is 11.9 Å². The number of hydrogen-bond acceptors (Lipinski definition) is 5. The lowest BCUT2D eigenvalue weighted by molar-refractivity contribution is 0.102. The van der Waals surface area contributed by atoms with Crippen LogP contribution < -0.4 is 10.0 Å². The van der Waals surface area contributed by atoms with E-state index in [4.69, 9.17) is 10.00 Å². The number of sulfonamides is 1. The van der Waals surface area contributed by atoms with E-state index < -0.39 is 21.7 Å². The molecule has 0 radical (unpaired) electrons. The molecule has 140 valence electrons. The SMILES string of the molecule is N#Cc1cc(NC(=O)c2cccc(S(=O)(=O)N[C@H]3CCOC3)c2)ccc1F. The number of halogens is 1. The molecule has 0 spiro atoms. The van der Waals surface area contributed by atoms with E-state index in [1.807, 2.05) is 0 Å². The average Bonchev–Trinajstić information content (AvgIpc) is 3.15. The van der Waals surface area contributed by atoms with Crippen LogP contribution in [-0.2, 0) is 14.8 Å². The summed E-state index contributed by atoms with van der Waals surface area (Å²) in [4.78, 5) is 12.4. The summed E-state index contributed by atoms with van der Waals surface area (Å²) in [5, 5.41) is 11.4. The summed E-state index contributed by atoms with van der Waals surface area (Å²) in [6.45, 7) is 0.809. The minimum atomic E-state index is -3.79. The normalized spacial score (nSPS) is 16.7. The number of ether oxygens (including phenoxy) is 1. The van der Waals surface area contributed by atoms with Gasteiger partial charge in [0.25, 0.3) is 5.91 Å². The van der Waals surface area contributed by atoms with E-state index in [-0.39, 0.29) is 27.8 Å². The molecule has 9 heteroatoms. The van der Waals surface area contributed by atoms with Crippen LogP contribution in [0.15, 0.2) is 47.4 Å². The highest BCUT2D eigenvalue weighted by atomic mass is 32.2. The van der Waals surface area contributed by atoms with Crippen LogP contribution in [0.25, 0.3) is 0 Å². The second kappa shape index (κ2) is 7.84. The molecule has 0 aromatic heterocycles. The second-order valence-electron chi connectivity index (χ2n) is 5.97. The molecule has 1 saturated heterocycles. The largest absolute Gasteiger partial charge is 0.380 e. The van der Waals surface area contributed by atoms with Gasteiger partial charge in [-0.05, 0) is 42.8 Å². The number of nitriles is 1. The van der Waals surface area contributed by atoms with Crippen molar-refractivity contribution in [1.29, 1.82) is 5.26 Å². The third-order valence-corrected chi connectivity index (χ3v) is 5.52. The smallest absolute Gasteiger partial charge is 0.255 e.